The maximum atomic E-state index is 13.5. The fourth-order valence-corrected chi connectivity index (χ4v) is 2.36. The van der Waals surface area contributed by atoms with Crippen LogP contribution in [-0.4, -0.2) is 10.1 Å². The zero-order chi connectivity index (χ0) is 12.5. The summed E-state index contributed by atoms with van der Waals surface area (Å²) in [5.74, 6) is 1.95. The van der Waals surface area contributed by atoms with E-state index in [1.165, 1.54) is 17.8 Å². The van der Waals surface area contributed by atoms with Gasteiger partial charge in [-0.05, 0) is 31.0 Å². The van der Waals surface area contributed by atoms with Crippen LogP contribution in [0.1, 0.15) is 30.5 Å². The van der Waals surface area contributed by atoms with E-state index in [0.717, 1.165) is 12.8 Å². The van der Waals surface area contributed by atoms with Gasteiger partial charge in [0.1, 0.15) is 5.82 Å². The number of hydrogen-bond acceptors (Lipinski definition) is 5. The lowest BCUT2D eigenvalue weighted by atomic mass is 10.3. The minimum absolute atomic E-state index is 0.314. The fourth-order valence-electron chi connectivity index (χ4n) is 1.60. The molecule has 0 aliphatic heterocycles. The molecule has 0 amide bonds. The van der Waals surface area contributed by atoms with Crippen molar-refractivity contribution < 1.29 is 8.91 Å². The average Bonchev–Trinajstić information content (AvgIpc) is 3.08. The largest absolute Gasteiger partial charge is 0.399 e. The summed E-state index contributed by atoms with van der Waals surface area (Å²) in [6, 6.07) is 4.66. The Balaban J connectivity index is 1.65. The molecule has 1 aliphatic carbocycles. The fraction of sp³-hybridized carbons (Fsp3) is 0.333. The molecule has 2 aromatic rings. The van der Waals surface area contributed by atoms with Crippen LogP contribution in [-0.2, 0) is 5.75 Å². The standard InChI is InChI=1S/C12H12FN3OS/c13-9-5-8(14)3-4-10(9)18-6-11-15-12(17-16-11)7-1-2-7/h3-5,7H,1-2,6,14H2. The Labute approximate surface area is 108 Å². The predicted molar refractivity (Wildman–Crippen MR) is 66.6 cm³/mol. The quantitative estimate of drug-likeness (QED) is 0.680. The molecule has 1 saturated carbocycles. The Morgan fingerprint density at radius 3 is 3.00 bits per heavy atom. The van der Waals surface area contributed by atoms with Crippen LogP contribution >= 0.6 is 11.8 Å². The number of benzene rings is 1. The van der Waals surface area contributed by atoms with E-state index in [1.807, 2.05) is 0 Å². The van der Waals surface area contributed by atoms with Gasteiger partial charge >= 0.3 is 0 Å². The van der Waals surface area contributed by atoms with E-state index in [1.54, 1.807) is 12.1 Å². The lowest BCUT2D eigenvalue weighted by Gasteiger charge is -2.01. The number of aromatic nitrogens is 2. The van der Waals surface area contributed by atoms with Gasteiger partial charge in [-0.2, -0.15) is 4.98 Å². The van der Waals surface area contributed by atoms with Crippen molar-refractivity contribution in [2.75, 3.05) is 5.73 Å². The van der Waals surface area contributed by atoms with Gasteiger partial charge in [0.05, 0.1) is 5.75 Å². The first-order valence-electron chi connectivity index (χ1n) is 5.72. The lowest BCUT2D eigenvalue weighted by molar-refractivity contribution is 0.375. The van der Waals surface area contributed by atoms with Crippen molar-refractivity contribution in [1.29, 1.82) is 0 Å². The van der Waals surface area contributed by atoms with E-state index < -0.39 is 0 Å². The van der Waals surface area contributed by atoms with Gasteiger partial charge in [0.25, 0.3) is 0 Å². The topological polar surface area (TPSA) is 64.9 Å². The van der Waals surface area contributed by atoms with Gasteiger partial charge in [-0.1, -0.05) is 5.16 Å². The Morgan fingerprint density at radius 1 is 1.44 bits per heavy atom. The van der Waals surface area contributed by atoms with Crippen LogP contribution in [0.15, 0.2) is 27.6 Å². The Bertz CT molecular complexity index is 568. The van der Waals surface area contributed by atoms with Crippen molar-refractivity contribution in [1.82, 2.24) is 10.1 Å². The lowest BCUT2D eigenvalue weighted by Crippen LogP contribution is -1.90. The number of anilines is 1. The molecule has 18 heavy (non-hydrogen) atoms. The van der Waals surface area contributed by atoms with Gasteiger partial charge in [0, 0.05) is 16.5 Å². The van der Waals surface area contributed by atoms with Gasteiger partial charge in [-0.25, -0.2) is 4.39 Å². The Morgan fingerprint density at radius 2 is 2.28 bits per heavy atom. The smallest absolute Gasteiger partial charge is 0.229 e. The highest BCUT2D eigenvalue weighted by atomic mass is 32.2. The van der Waals surface area contributed by atoms with Gasteiger partial charge in [-0.15, -0.1) is 11.8 Å². The number of nitrogen functional groups attached to an aromatic ring is 1. The van der Waals surface area contributed by atoms with Crippen LogP contribution in [0.2, 0.25) is 0 Å². The summed E-state index contributed by atoms with van der Waals surface area (Å²) in [5.41, 5.74) is 5.91. The maximum absolute atomic E-state index is 13.5. The average molecular weight is 265 g/mol. The molecule has 1 aromatic heterocycles. The molecule has 3 rings (SSSR count). The van der Waals surface area contributed by atoms with E-state index in [4.69, 9.17) is 10.3 Å². The molecule has 0 saturated heterocycles. The highest BCUT2D eigenvalue weighted by molar-refractivity contribution is 7.98. The normalized spacial score (nSPS) is 14.9. The highest BCUT2D eigenvalue weighted by Crippen LogP contribution is 2.39. The molecule has 4 nitrogen and oxygen atoms in total. The van der Waals surface area contributed by atoms with Gasteiger partial charge in [0.2, 0.25) is 5.89 Å². The number of rotatable bonds is 4. The van der Waals surface area contributed by atoms with Crippen molar-refractivity contribution in [2.24, 2.45) is 0 Å². The summed E-state index contributed by atoms with van der Waals surface area (Å²) in [6.45, 7) is 0. The highest BCUT2D eigenvalue weighted by Gasteiger charge is 2.29. The molecule has 94 valence electrons. The van der Waals surface area contributed by atoms with Crippen molar-refractivity contribution in [3.8, 4) is 0 Å². The van der Waals surface area contributed by atoms with Crippen LogP contribution < -0.4 is 5.73 Å². The third-order valence-corrected chi connectivity index (χ3v) is 3.77. The molecule has 0 radical (unpaired) electrons. The maximum Gasteiger partial charge on any atom is 0.229 e. The van der Waals surface area contributed by atoms with E-state index in [2.05, 4.69) is 10.1 Å². The van der Waals surface area contributed by atoms with Crippen LogP contribution in [0.5, 0.6) is 0 Å². The first-order valence-corrected chi connectivity index (χ1v) is 6.71. The third-order valence-electron chi connectivity index (χ3n) is 2.72. The molecular formula is C12H12FN3OS. The number of halogens is 1. The van der Waals surface area contributed by atoms with E-state index in [-0.39, 0.29) is 5.82 Å². The van der Waals surface area contributed by atoms with Crippen LogP contribution in [0.4, 0.5) is 10.1 Å². The first-order chi connectivity index (χ1) is 8.72. The number of nitrogens with zero attached hydrogens (tertiary/aromatic N) is 2. The summed E-state index contributed by atoms with van der Waals surface area (Å²) >= 11 is 1.34. The predicted octanol–water partition coefficient (Wildman–Crippen LogP) is 2.96. The van der Waals surface area contributed by atoms with Crippen molar-refractivity contribution in [2.45, 2.75) is 29.4 Å². The SMILES string of the molecule is Nc1ccc(SCc2noc(C3CC3)n2)c(F)c1. The van der Waals surface area contributed by atoms with Gasteiger partial charge in [0.15, 0.2) is 5.82 Å². The van der Waals surface area contributed by atoms with Crippen LogP contribution in [0.25, 0.3) is 0 Å². The molecule has 1 heterocycles. The number of hydrogen-bond donors (Lipinski definition) is 1. The zero-order valence-corrected chi connectivity index (χ0v) is 10.4. The molecule has 1 aromatic carbocycles. The van der Waals surface area contributed by atoms with E-state index in [0.29, 0.717) is 34.0 Å². The number of thioether (sulfide) groups is 1. The van der Waals surface area contributed by atoms with Crippen molar-refractivity contribution in [3.05, 3.63) is 35.7 Å². The van der Waals surface area contributed by atoms with Crippen LogP contribution in [0, 0.1) is 5.82 Å². The van der Waals surface area contributed by atoms with E-state index >= 15 is 0 Å². The molecule has 0 spiro atoms. The minimum Gasteiger partial charge on any atom is -0.399 e. The second-order valence-corrected chi connectivity index (χ2v) is 5.32. The zero-order valence-electron chi connectivity index (χ0n) is 9.60. The van der Waals surface area contributed by atoms with Crippen molar-refractivity contribution >= 4 is 17.4 Å². The van der Waals surface area contributed by atoms with Gasteiger partial charge in [-0.3, -0.25) is 0 Å². The summed E-state index contributed by atoms with van der Waals surface area (Å²) in [6.07, 6.45) is 2.25. The second kappa shape index (κ2) is 4.61. The molecular weight excluding hydrogens is 253 g/mol. The van der Waals surface area contributed by atoms with Gasteiger partial charge < -0.3 is 10.3 Å². The first kappa shape index (κ1) is 11.5. The second-order valence-electron chi connectivity index (χ2n) is 4.30. The summed E-state index contributed by atoms with van der Waals surface area (Å²) in [7, 11) is 0. The van der Waals surface area contributed by atoms with E-state index in [9.17, 15) is 4.39 Å². The monoisotopic (exact) mass is 265 g/mol. The molecule has 6 heteroatoms. The molecule has 0 bridgehead atoms. The summed E-state index contributed by atoms with van der Waals surface area (Å²) < 4.78 is 18.7. The Hall–Kier alpha value is -1.56. The molecule has 1 fully saturated rings. The van der Waals surface area contributed by atoms with Crippen molar-refractivity contribution in [3.63, 3.8) is 0 Å². The molecule has 0 unspecified atom stereocenters. The third kappa shape index (κ3) is 2.48. The van der Waals surface area contributed by atoms with Crippen LogP contribution in [0.3, 0.4) is 0 Å². The minimum atomic E-state index is -0.314. The summed E-state index contributed by atoms with van der Waals surface area (Å²) in [5, 5.41) is 3.89. The molecule has 2 N–H and O–H groups in total. The molecule has 1 aliphatic rings. The molecule has 0 atom stereocenters. The summed E-state index contributed by atoms with van der Waals surface area (Å²) in [4.78, 5) is 4.83. The number of nitrogens with two attached hydrogens (primary N) is 1. The Kier molecular flexibility index (Phi) is 2.95.